The number of benzene rings is 1. The van der Waals surface area contributed by atoms with Gasteiger partial charge in [-0.25, -0.2) is 22.2 Å². The van der Waals surface area contributed by atoms with Gasteiger partial charge >= 0.3 is 0 Å². The molecule has 39 heavy (non-hydrogen) atoms. The molecule has 1 saturated carbocycles. The highest BCUT2D eigenvalue weighted by Crippen LogP contribution is 2.49. The highest BCUT2D eigenvalue weighted by molar-refractivity contribution is 7.90. The maximum Gasteiger partial charge on any atom is 0.232 e. The van der Waals surface area contributed by atoms with Crippen LogP contribution in [-0.2, 0) is 16.9 Å². The number of aromatic amines is 1. The topological polar surface area (TPSA) is 125 Å². The predicted molar refractivity (Wildman–Crippen MR) is 145 cm³/mol. The number of hydrogen-bond donors (Lipinski definition) is 2. The van der Waals surface area contributed by atoms with Gasteiger partial charge in [-0.05, 0) is 37.8 Å². The molecule has 0 saturated heterocycles. The molecule has 0 radical (unpaired) electrons. The molecule has 4 aromatic rings. The molecule has 0 atom stereocenters. The van der Waals surface area contributed by atoms with E-state index in [1.807, 2.05) is 39.0 Å². The quantitative estimate of drug-likeness (QED) is 0.330. The molecule has 1 aromatic carbocycles. The first-order valence-electron chi connectivity index (χ1n) is 12.2. The summed E-state index contributed by atoms with van der Waals surface area (Å²) in [6, 6.07) is 3.40. The summed E-state index contributed by atoms with van der Waals surface area (Å²) in [4.78, 5) is 12.1. The molecule has 0 amide bonds. The maximum absolute atomic E-state index is 15.2. The van der Waals surface area contributed by atoms with Crippen LogP contribution in [0.25, 0.3) is 11.3 Å². The Morgan fingerprint density at radius 2 is 1.77 bits per heavy atom. The molecule has 0 spiro atoms. The average molecular weight is 558 g/mol. The van der Waals surface area contributed by atoms with Crippen LogP contribution >= 0.6 is 0 Å². The Morgan fingerprint density at radius 3 is 2.31 bits per heavy atom. The van der Waals surface area contributed by atoms with Crippen molar-refractivity contribution in [3.8, 4) is 11.3 Å². The van der Waals surface area contributed by atoms with Gasteiger partial charge in [-0.2, -0.15) is 15.2 Å². The van der Waals surface area contributed by atoms with E-state index in [1.165, 1.54) is 11.9 Å². The van der Waals surface area contributed by atoms with Crippen molar-refractivity contribution in [3.63, 3.8) is 0 Å². The van der Waals surface area contributed by atoms with Crippen molar-refractivity contribution in [1.29, 1.82) is 0 Å². The number of sulfone groups is 1. The van der Waals surface area contributed by atoms with Gasteiger partial charge in [0.05, 0.1) is 22.3 Å². The SMILES string of the molecule is Cc1cc(Nc2nc(N(C)c3c(F)cc(S(C)(=O)=O)cc3F)nc(-c3cnn(C)c3N(C)C)c2C2CC2)n[nH]1. The van der Waals surface area contributed by atoms with E-state index in [9.17, 15) is 8.42 Å². The van der Waals surface area contributed by atoms with Crippen LogP contribution in [0.15, 0.2) is 29.3 Å². The van der Waals surface area contributed by atoms with Crippen LogP contribution in [0.2, 0.25) is 0 Å². The predicted octanol–water partition coefficient (Wildman–Crippen LogP) is 4.05. The second-order valence-corrected chi connectivity index (χ2v) is 12.0. The molecule has 3 heterocycles. The van der Waals surface area contributed by atoms with Crippen molar-refractivity contribution in [2.75, 3.05) is 42.5 Å². The van der Waals surface area contributed by atoms with Crippen LogP contribution in [0.1, 0.15) is 30.0 Å². The summed E-state index contributed by atoms with van der Waals surface area (Å²) in [5.74, 6) is -0.147. The second kappa shape index (κ2) is 9.59. The molecule has 14 heteroatoms. The second-order valence-electron chi connectivity index (χ2n) is 9.94. The van der Waals surface area contributed by atoms with Crippen molar-refractivity contribution in [3.05, 3.63) is 47.3 Å². The van der Waals surface area contributed by atoms with Gasteiger partial charge in [0, 0.05) is 51.8 Å². The van der Waals surface area contributed by atoms with Crippen molar-refractivity contribution in [1.82, 2.24) is 29.9 Å². The Bertz CT molecular complexity index is 1650. The number of rotatable bonds is 8. The summed E-state index contributed by atoms with van der Waals surface area (Å²) in [5.41, 5.74) is 2.53. The number of H-pyrrole nitrogens is 1. The van der Waals surface area contributed by atoms with Gasteiger partial charge in [0.25, 0.3) is 0 Å². The lowest BCUT2D eigenvalue weighted by atomic mass is 10.0. The number of aryl methyl sites for hydroxylation is 2. The minimum Gasteiger partial charge on any atom is -0.362 e. The number of halogens is 2. The number of nitrogens with one attached hydrogen (secondary N) is 2. The lowest BCUT2D eigenvalue weighted by Gasteiger charge is -2.23. The molecular weight excluding hydrogens is 528 g/mol. The number of hydrogen-bond acceptors (Lipinski definition) is 9. The van der Waals surface area contributed by atoms with Crippen LogP contribution in [0.4, 0.5) is 37.9 Å². The van der Waals surface area contributed by atoms with Gasteiger partial charge < -0.3 is 15.1 Å². The third-order valence-electron chi connectivity index (χ3n) is 6.51. The Labute approximate surface area is 224 Å². The van der Waals surface area contributed by atoms with E-state index in [1.54, 1.807) is 10.9 Å². The fraction of sp³-hybridized carbons (Fsp3) is 0.360. The van der Waals surface area contributed by atoms with Gasteiger partial charge in [0.15, 0.2) is 27.3 Å². The first-order chi connectivity index (χ1) is 18.3. The van der Waals surface area contributed by atoms with E-state index in [2.05, 4.69) is 20.6 Å². The van der Waals surface area contributed by atoms with E-state index < -0.39 is 32.1 Å². The molecule has 1 aliphatic carbocycles. The minimum absolute atomic E-state index is 0.00243. The molecule has 0 bridgehead atoms. The molecule has 5 rings (SSSR count). The zero-order valence-electron chi connectivity index (χ0n) is 22.4. The average Bonchev–Trinajstić information content (AvgIpc) is 3.48. The highest BCUT2D eigenvalue weighted by atomic mass is 32.2. The summed E-state index contributed by atoms with van der Waals surface area (Å²) in [5, 5.41) is 14.8. The zero-order chi connectivity index (χ0) is 28.2. The first-order valence-corrected chi connectivity index (χ1v) is 14.1. The fourth-order valence-corrected chi connectivity index (χ4v) is 5.21. The van der Waals surface area contributed by atoms with Gasteiger partial charge in [0.1, 0.15) is 17.3 Å². The third-order valence-corrected chi connectivity index (χ3v) is 7.60. The van der Waals surface area contributed by atoms with Crippen molar-refractivity contribution in [2.24, 2.45) is 7.05 Å². The normalized spacial score (nSPS) is 13.5. The van der Waals surface area contributed by atoms with E-state index in [0.29, 0.717) is 17.3 Å². The third kappa shape index (κ3) is 5.03. The van der Waals surface area contributed by atoms with Gasteiger partial charge in [-0.1, -0.05) is 0 Å². The van der Waals surface area contributed by atoms with E-state index in [0.717, 1.165) is 53.9 Å². The smallest absolute Gasteiger partial charge is 0.232 e. The van der Waals surface area contributed by atoms with Crippen LogP contribution < -0.4 is 15.1 Å². The Balaban J connectivity index is 1.73. The largest absolute Gasteiger partial charge is 0.362 e. The summed E-state index contributed by atoms with van der Waals surface area (Å²) in [6.45, 7) is 1.87. The van der Waals surface area contributed by atoms with E-state index in [-0.39, 0.29) is 11.9 Å². The number of anilines is 5. The minimum atomic E-state index is -3.82. The summed E-state index contributed by atoms with van der Waals surface area (Å²) < 4.78 is 55.9. The van der Waals surface area contributed by atoms with Gasteiger partial charge in [-0.15, -0.1) is 0 Å². The lowest BCUT2D eigenvalue weighted by Crippen LogP contribution is -2.19. The summed E-state index contributed by atoms with van der Waals surface area (Å²) in [6.07, 6.45) is 4.47. The van der Waals surface area contributed by atoms with Crippen LogP contribution in [0, 0.1) is 18.6 Å². The first kappa shape index (κ1) is 26.5. The Morgan fingerprint density at radius 1 is 1.10 bits per heavy atom. The maximum atomic E-state index is 15.2. The molecular formula is C25H29F2N9O2S. The standard InChI is InChI=1S/C25H29F2N9O2S/c1-13-9-19(33-32-13)29-23-20(14-7-8-14)21(16-12-28-36(5)24(16)34(2)3)30-25(31-23)35(4)22-17(26)10-15(11-18(22)27)39(6,37)38/h9-12,14H,7-8H2,1-6H3,(H2,29,30,31,32,33). The van der Waals surface area contributed by atoms with E-state index in [4.69, 9.17) is 9.97 Å². The molecule has 2 N–H and O–H groups in total. The van der Waals surface area contributed by atoms with Gasteiger partial charge in [0.2, 0.25) is 5.95 Å². The van der Waals surface area contributed by atoms with Gasteiger partial charge in [-0.3, -0.25) is 9.78 Å². The molecule has 206 valence electrons. The zero-order valence-corrected chi connectivity index (χ0v) is 23.2. The van der Waals surface area contributed by atoms with Crippen LogP contribution in [0.3, 0.4) is 0 Å². The fourth-order valence-electron chi connectivity index (χ4n) is 4.58. The van der Waals surface area contributed by atoms with Crippen molar-refractivity contribution in [2.45, 2.75) is 30.6 Å². The van der Waals surface area contributed by atoms with Crippen LogP contribution in [0.5, 0.6) is 0 Å². The van der Waals surface area contributed by atoms with Crippen molar-refractivity contribution < 1.29 is 17.2 Å². The number of aromatic nitrogens is 6. The summed E-state index contributed by atoms with van der Waals surface area (Å²) in [7, 11) is 3.22. The molecule has 1 aliphatic rings. The molecule has 3 aromatic heterocycles. The molecule has 1 fully saturated rings. The number of nitrogens with zero attached hydrogens (tertiary/aromatic N) is 7. The lowest BCUT2D eigenvalue weighted by molar-refractivity contribution is 0.569. The Hall–Kier alpha value is -4.07. The Kier molecular flexibility index (Phi) is 6.53. The monoisotopic (exact) mass is 557 g/mol. The van der Waals surface area contributed by atoms with E-state index >= 15 is 8.78 Å². The molecule has 0 aliphatic heterocycles. The summed E-state index contributed by atoms with van der Waals surface area (Å²) >= 11 is 0. The highest BCUT2D eigenvalue weighted by Gasteiger charge is 2.34. The molecule has 11 nitrogen and oxygen atoms in total. The molecule has 0 unspecified atom stereocenters. The van der Waals surface area contributed by atoms with Crippen LogP contribution in [-0.4, -0.2) is 65.8 Å². The van der Waals surface area contributed by atoms with Crippen molar-refractivity contribution >= 4 is 38.9 Å².